The first-order valence-electron chi connectivity index (χ1n) is 23.6. The lowest BCUT2D eigenvalue weighted by molar-refractivity contribution is -0.384. The maximum absolute atomic E-state index is 14.1. The van der Waals surface area contributed by atoms with Gasteiger partial charge in [-0.3, -0.25) is 28.8 Å². The fourth-order valence-corrected chi connectivity index (χ4v) is 7.69. The first-order chi connectivity index (χ1) is 37.0. The number of fused-ring (bicyclic) bond motifs is 2. The van der Waals surface area contributed by atoms with Gasteiger partial charge in [-0.1, -0.05) is 0 Å². The van der Waals surface area contributed by atoms with Crippen LogP contribution in [0, 0.1) is 33.4 Å². The Kier molecular flexibility index (Phi) is 17.5. The molecular weight excluding hydrogens is 1020 g/mol. The molecule has 0 fully saturated rings. The Bertz CT molecular complexity index is 3660. The number of ether oxygens (including phenoxy) is 4. The SMILES string of the molecule is COc1cc(N(C)CCN(C)C)c(N)cc1Nc1ncc2cc(Oc3ccc(F)cc3F)c(=O)n(C)c2n1.COc1cc(N(C)CCN(C)C)c([N+](=O)[O-])cc1Nc1ncc2cc(Oc3ccc(F)cc3F)c(=O)n(C)c2n1. The molecule has 0 radical (unpaired) electrons. The molecule has 0 spiro atoms. The number of halogens is 4. The smallest absolute Gasteiger partial charge is 0.294 e. The Morgan fingerprint density at radius 2 is 1.01 bits per heavy atom. The molecule has 0 unspecified atom stereocenters. The summed E-state index contributed by atoms with van der Waals surface area (Å²) in [6.07, 6.45) is 2.90. The molecule has 4 aromatic heterocycles. The minimum Gasteiger partial charge on any atom is -0.494 e. The predicted octanol–water partition coefficient (Wildman–Crippen LogP) is 7.79. The summed E-state index contributed by atoms with van der Waals surface area (Å²) < 4.78 is 78.9. The number of nitrogens with one attached hydrogen (secondary N) is 2. The molecule has 0 aliphatic heterocycles. The zero-order valence-electron chi connectivity index (χ0n) is 44.2. The fraction of sp³-hybridized carbons (Fsp3) is 0.269. The number of hydrogen-bond acceptors (Lipinski definition) is 19. The Balaban J connectivity index is 0.000000226. The second kappa shape index (κ2) is 24.1. The highest BCUT2D eigenvalue weighted by atomic mass is 19.1. The van der Waals surface area contributed by atoms with Gasteiger partial charge in [-0.25, -0.2) is 27.5 Å². The number of hydrogen-bond donors (Lipinski definition) is 3. The summed E-state index contributed by atoms with van der Waals surface area (Å²) in [5.41, 5.74) is 8.06. The number of nitrogens with zero attached hydrogens (tertiary/aromatic N) is 11. The predicted molar refractivity (Wildman–Crippen MR) is 290 cm³/mol. The van der Waals surface area contributed by atoms with E-state index in [0.29, 0.717) is 70.2 Å². The van der Waals surface area contributed by atoms with E-state index in [9.17, 15) is 37.3 Å². The molecule has 0 aliphatic rings. The highest BCUT2D eigenvalue weighted by Gasteiger charge is 2.24. The van der Waals surface area contributed by atoms with Gasteiger partial charge in [0.15, 0.2) is 34.6 Å². The molecule has 78 heavy (non-hydrogen) atoms. The van der Waals surface area contributed by atoms with Crippen molar-refractivity contribution in [3.8, 4) is 34.5 Å². The number of aromatic nitrogens is 6. The summed E-state index contributed by atoms with van der Waals surface area (Å²) in [7, 11) is 17.5. The number of pyridine rings is 2. The molecule has 0 saturated carbocycles. The van der Waals surface area contributed by atoms with E-state index in [0.717, 1.165) is 43.0 Å². The topological polar surface area (TPSA) is 239 Å². The molecule has 0 bridgehead atoms. The summed E-state index contributed by atoms with van der Waals surface area (Å²) in [6, 6.07) is 14.8. The number of nitrogens with two attached hydrogens (primary N) is 1. The van der Waals surface area contributed by atoms with Gasteiger partial charge in [0.05, 0.1) is 41.9 Å². The van der Waals surface area contributed by atoms with Crippen LogP contribution in [0.1, 0.15) is 0 Å². The van der Waals surface area contributed by atoms with Gasteiger partial charge in [-0.05, 0) is 70.7 Å². The Morgan fingerprint density at radius 1 is 0.590 bits per heavy atom. The van der Waals surface area contributed by atoms with Crippen LogP contribution >= 0.6 is 0 Å². The van der Waals surface area contributed by atoms with E-state index in [4.69, 9.17) is 24.7 Å². The van der Waals surface area contributed by atoms with Crippen molar-refractivity contribution in [2.45, 2.75) is 0 Å². The molecule has 8 aromatic rings. The summed E-state index contributed by atoms with van der Waals surface area (Å²) in [5, 5.41) is 18.8. The summed E-state index contributed by atoms with van der Waals surface area (Å²) >= 11 is 0. The first kappa shape index (κ1) is 56.4. The molecular formula is C52H56F4N14O8. The van der Waals surface area contributed by atoms with E-state index >= 15 is 0 Å². The molecule has 4 heterocycles. The molecule has 0 atom stereocenters. The molecule has 22 nitrogen and oxygen atoms in total. The quantitative estimate of drug-likeness (QED) is 0.0303. The van der Waals surface area contributed by atoms with Crippen molar-refractivity contribution in [1.82, 2.24) is 38.9 Å². The van der Waals surface area contributed by atoms with Crippen molar-refractivity contribution in [2.24, 2.45) is 14.1 Å². The molecule has 0 aliphatic carbocycles. The third kappa shape index (κ3) is 13.0. The number of nitro benzene ring substituents is 1. The summed E-state index contributed by atoms with van der Waals surface area (Å²) in [4.78, 5) is 62.5. The monoisotopic (exact) mass is 1080 g/mol. The van der Waals surface area contributed by atoms with Gasteiger partial charge in [0, 0.05) is 108 Å². The number of aryl methyl sites for hydroxylation is 2. The Morgan fingerprint density at radius 3 is 1.42 bits per heavy atom. The molecule has 0 amide bonds. The van der Waals surface area contributed by atoms with E-state index < -0.39 is 39.3 Å². The van der Waals surface area contributed by atoms with E-state index in [2.05, 4.69) is 35.5 Å². The highest BCUT2D eigenvalue weighted by Crippen LogP contribution is 2.40. The number of nitrogen functional groups attached to an aromatic ring is 1. The van der Waals surface area contributed by atoms with Crippen molar-refractivity contribution in [2.75, 3.05) is 109 Å². The Hall–Kier alpha value is -9.30. The third-order valence-corrected chi connectivity index (χ3v) is 12.0. The molecule has 4 aromatic carbocycles. The van der Waals surface area contributed by atoms with Gasteiger partial charge in [-0.2, -0.15) is 9.97 Å². The van der Waals surface area contributed by atoms with Crippen LogP contribution in [0.4, 0.5) is 63.6 Å². The number of nitro groups is 1. The van der Waals surface area contributed by atoms with Gasteiger partial charge in [0.25, 0.3) is 16.8 Å². The molecule has 8 rings (SSSR count). The van der Waals surface area contributed by atoms with Gasteiger partial charge in [-0.15, -0.1) is 0 Å². The van der Waals surface area contributed by atoms with Crippen molar-refractivity contribution in [3.63, 3.8) is 0 Å². The number of methoxy groups -OCH3 is 2. The zero-order chi connectivity index (χ0) is 56.7. The van der Waals surface area contributed by atoms with Crippen LogP contribution in [0.2, 0.25) is 0 Å². The average molecular weight is 1080 g/mol. The van der Waals surface area contributed by atoms with Crippen LogP contribution in [0.15, 0.2) is 94.8 Å². The van der Waals surface area contributed by atoms with E-state index in [-0.39, 0.29) is 51.9 Å². The van der Waals surface area contributed by atoms with Crippen molar-refractivity contribution in [1.29, 1.82) is 0 Å². The van der Waals surface area contributed by atoms with Gasteiger partial charge >= 0.3 is 0 Å². The fourth-order valence-electron chi connectivity index (χ4n) is 7.69. The standard InChI is InChI=1S/C26H27F2N7O5.C26H29F2N7O3/c1-32(2)8-9-33(3)19-13-22(39-5)18(12-20(19)35(37)38)30-26-29-14-15-10-23(25(36)34(4)24(15)31-26)40-21-7-6-16(27)11-17(21)28;1-33(2)8-9-34(3)20-13-22(37-5)19(12-18(20)29)31-26-30-14-15-10-23(25(36)35(4)24(15)32-26)38-21-7-6-16(27)11-17(21)28/h6-7,10-14H,8-9H2,1-5H3,(H,29,30,31);6-7,10-14H,8-9,29H2,1-5H3,(H,30,31,32). The number of anilines is 7. The minimum atomic E-state index is -0.962. The van der Waals surface area contributed by atoms with Crippen LogP contribution in [0.3, 0.4) is 0 Å². The maximum atomic E-state index is 14.1. The zero-order valence-corrected chi connectivity index (χ0v) is 44.2. The lowest BCUT2D eigenvalue weighted by Crippen LogP contribution is -2.29. The second-order valence-electron chi connectivity index (χ2n) is 18.2. The number of likely N-dealkylation sites (N-methyl/N-ethyl adjacent to an activating group) is 4. The molecule has 0 saturated heterocycles. The van der Waals surface area contributed by atoms with E-state index in [1.54, 1.807) is 31.2 Å². The van der Waals surface area contributed by atoms with Crippen LogP contribution in [0.25, 0.3) is 22.1 Å². The average Bonchev–Trinajstić information content (AvgIpc) is 3.41. The van der Waals surface area contributed by atoms with Crippen LogP contribution < -0.4 is 56.2 Å². The first-order valence-corrected chi connectivity index (χ1v) is 23.6. The Labute approximate surface area is 444 Å². The lowest BCUT2D eigenvalue weighted by Gasteiger charge is -2.24. The number of rotatable bonds is 19. The molecule has 4 N–H and O–H groups in total. The van der Waals surface area contributed by atoms with Gasteiger partial charge < -0.3 is 54.9 Å². The second-order valence-corrected chi connectivity index (χ2v) is 18.2. The largest absolute Gasteiger partial charge is 0.494 e. The van der Waals surface area contributed by atoms with Crippen molar-refractivity contribution < 1.29 is 41.4 Å². The normalized spacial score (nSPS) is 11.1. The number of benzene rings is 4. The lowest BCUT2D eigenvalue weighted by atomic mass is 10.2. The third-order valence-electron chi connectivity index (χ3n) is 12.0. The van der Waals surface area contributed by atoms with Crippen LogP contribution in [0.5, 0.6) is 34.5 Å². The van der Waals surface area contributed by atoms with Gasteiger partial charge in [0.1, 0.15) is 40.1 Å². The molecule has 26 heteroatoms. The highest BCUT2D eigenvalue weighted by molar-refractivity contribution is 5.82. The maximum Gasteiger partial charge on any atom is 0.294 e. The minimum absolute atomic E-state index is 0.0436. The van der Waals surface area contributed by atoms with Crippen molar-refractivity contribution in [3.05, 3.63) is 139 Å². The van der Waals surface area contributed by atoms with Gasteiger partial charge in [0.2, 0.25) is 11.9 Å². The van der Waals surface area contributed by atoms with Crippen molar-refractivity contribution >= 4 is 68.1 Å². The summed E-state index contributed by atoms with van der Waals surface area (Å²) in [5.74, 6) is -3.27. The van der Waals surface area contributed by atoms with Crippen LogP contribution in [-0.2, 0) is 14.1 Å². The summed E-state index contributed by atoms with van der Waals surface area (Å²) in [6.45, 7) is 2.86. The van der Waals surface area contributed by atoms with E-state index in [1.807, 2.05) is 51.1 Å². The van der Waals surface area contributed by atoms with Crippen LogP contribution in [-0.4, -0.2) is 126 Å². The van der Waals surface area contributed by atoms with E-state index in [1.165, 1.54) is 60.9 Å². The molecule has 410 valence electrons.